The zero-order valence-electron chi connectivity index (χ0n) is 7.98. The van der Waals surface area contributed by atoms with Gasteiger partial charge in [-0.15, -0.1) is 0 Å². The minimum absolute atomic E-state index is 0.272. The molecule has 72 valence electrons. The standard InChI is InChI=1S/C10H10N2O2/c1-6-5-8(3-4-9(6)13)10-11-7(2)14-12-10/h3-5,13H,1-2H3. The molecule has 0 fully saturated rings. The van der Waals surface area contributed by atoms with Gasteiger partial charge < -0.3 is 9.63 Å². The molecule has 14 heavy (non-hydrogen) atoms. The normalized spacial score (nSPS) is 10.4. The Balaban J connectivity index is 2.47. The Bertz CT molecular complexity index is 463. The summed E-state index contributed by atoms with van der Waals surface area (Å²) in [5.41, 5.74) is 1.64. The molecule has 0 spiro atoms. The molecular weight excluding hydrogens is 180 g/mol. The maximum atomic E-state index is 9.33. The quantitative estimate of drug-likeness (QED) is 0.747. The van der Waals surface area contributed by atoms with E-state index in [-0.39, 0.29) is 5.75 Å². The smallest absolute Gasteiger partial charge is 0.223 e. The van der Waals surface area contributed by atoms with Crippen LogP contribution in [0, 0.1) is 13.8 Å². The van der Waals surface area contributed by atoms with Gasteiger partial charge in [-0.05, 0) is 30.7 Å². The fourth-order valence-corrected chi connectivity index (χ4v) is 1.21. The van der Waals surface area contributed by atoms with Crippen molar-refractivity contribution in [2.75, 3.05) is 0 Å². The van der Waals surface area contributed by atoms with Crippen molar-refractivity contribution in [2.45, 2.75) is 13.8 Å². The summed E-state index contributed by atoms with van der Waals surface area (Å²) in [6, 6.07) is 5.20. The molecule has 1 heterocycles. The molecule has 0 aliphatic heterocycles. The second-order valence-electron chi connectivity index (χ2n) is 3.14. The van der Waals surface area contributed by atoms with E-state index in [0.29, 0.717) is 11.7 Å². The van der Waals surface area contributed by atoms with Crippen LogP contribution in [-0.2, 0) is 0 Å². The highest BCUT2D eigenvalue weighted by Gasteiger charge is 2.06. The van der Waals surface area contributed by atoms with Gasteiger partial charge in [-0.25, -0.2) is 0 Å². The number of benzene rings is 1. The molecule has 0 saturated carbocycles. The van der Waals surface area contributed by atoms with Gasteiger partial charge in [0.15, 0.2) is 0 Å². The molecule has 0 unspecified atom stereocenters. The van der Waals surface area contributed by atoms with Crippen LogP contribution < -0.4 is 0 Å². The van der Waals surface area contributed by atoms with Gasteiger partial charge in [0.1, 0.15) is 5.75 Å². The van der Waals surface area contributed by atoms with E-state index >= 15 is 0 Å². The van der Waals surface area contributed by atoms with E-state index in [9.17, 15) is 5.11 Å². The van der Waals surface area contributed by atoms with Crippen LogP contribution in [-0.4, -0.2) is 15.2 Å². The van der Waals surface area contributed by atoms with Gasteiger partial charge in [-0.1, -0.05) is 5.16 Å². The van der Waals surface area contributed by atoms with Crippen LogP contribution in [0.4, 0.5) is 0 Å². The van der Waals surface area contributed by atoms with Crippen LogP contribution in [0.1, 0.15) is 11.5 Å². The van der Waals surface area contributed by atoms with Crippen molar-refractivity contribution in [1.82, 2.24) is 10.1 Å². The highest BCUT2D eigenvalue weighted by molar-refractivity contribution is 5.57. The Morgan fingerprint density at radius 2 is 2.07 bits per heavy atom. The average molecular weight is 190 g/mol. The monoisotopic (exact) mass is 190 g/mol. The third-order valence-electron chi connectivity index (χ3n) is 1.98. The highest BCUT2D eigenvalue weighted by atomic mass is 16.5. The van der Waals surface area contributed by atoms with Crippen molar-refractivity contribution < 1.29 is 9.63 Å². The first-order valence-corrected chi connectivity index (χ1v) is 4.27. The first-order chi connectivity index (χ1) is 6.66. The Kier molecular flexibility index (Phi) is 1.96. The molecule has 0 amide bonds. The van der Waals surface area contributed by atoms with E-state index in [4.69, 9.17) is 4.52 Å². The zero-order chi connectivity index (χ0) is 10.1. The molecule has 0 bridgehead atoms. The minimum atomic E-state index is 0.272. The number of rotatable bonds is 1. The fraction of sp³-hybridized carbons (Fsp3) is 0.200. The summed E-state index contributed by atoms with van der Waals surface area (Å²) >= 11 is 0. The van der Waals surface area contributed by atoms with Crippen molar-refractivity contribution in [3.05, 3.63) is 29.7 Å². The second-order valence-corrected chi connectivity index (χ2v) is 3.14. The maximum Gasteiger partial charge on any atom is 0.223 e. The molecule has 0 atom stereocenters. The largest absolute Gasteiger partial charge is 0.508 e. The molecule has 4 nitrogen and oxygen atoms in total. The number of nitrogens with zero attached hydrogens (tertiary/aromatic N) is 2. The molecule has 1 N–H and O–H groups in total. The minimum Gasteiger partial charge on any atom is -0.508 e. The van der Waals surface area contributed by atoms with E-state index in [1.165, 1.54) is 0 Å². The van der Waals surface area contributed by atoms with E-state index in [0.717, 1.165) is 11.1 Å². The van der Waals surface area contributed by atoms with Gasteiger partial charge in [-0.2, -0.15) is 4.98 Å². The molecule has 1 aromatic carbocycles. The van der Waals surface area contributed by atoms with Crippen LogP contribution in [0.2, 0.25) is 0 Å². The summed E-state index contributed by atoms with van der Waals surface area (Å²) in [5.74, 6) is 1.35. The van der Waals surface area contributed by atoms with Crippen molar-refractivity contribution >= 4 is 0 Å². The first kappa shape index (κ1) is 8.74. The number of aryl methyl sites for hydroxylation is 2. The molecular formula is C10H10N2O2. The van der Waals surface area contributed by atoms with Crippen molar-refractivity contribution in [3.63, 3.8) is 0 Å². The van der Waals surface area contributed by atoms with Crippen molar-refractivity contribution in [2.24, 2.45) is 0 Å². The molecule has 4 heteroatoms. The van der Waals surface area contributed by atoms with Crippen LogP contribution in [0.25, 0.3) is 11.4 Å². The SMILES string of the molecule is Cc1nc(-c2ccc(O)c(C)c2)no1. The molecule has 0 radical (unpaired) electrons. The zero-order valence-corrected chi connectivity index (χ0v) is 7.98. The van der Waals surface area contributed by atoms with Gasteiger partial charge in [-0.3, -0.25) is 0 Å². The van der Waals surface area contributed by atoms with E-state index in [2.05, 4.69) is 10.1 Å². The summed E-state index contributed by atoms with van der Waals surface area (Å²) in [6.45, 7) is 3.57. The Morgan fingerprint density at radius 3 is 2.64 bits per heavy atom. The average Bonchev–Trinajstić information content (AvgIpc) is 2.57. The summed E-state index contributed by atoms with van der Waals surface area (Å²) in [7, 11) is 0. The van der Waals surface area contributed by atoms with Gasteiger partial charge in [0, 0.05) is 12.5 Å². The highest BCUT2D eigenvalue weighted by Crippen LogP contribution is 2.22. The summed E-state index contributed by atoms with van der Waals surface area (Å²) in [4.78, 5) is 4.09. The number of hydrogen-bond donors (Lipinski definition) is 1. The molecule has 0 aliphatic rings. The summed E-state index contributed by atoms with van der Waals surface area (Å²) < 4.78 is 4.87. The third kappa shape index (κ3) is 1.46. The van der Waals surface area contributed by atoms with Crippen LogP contribution in [0.15, 0.2) is 22.7 Å². The van der Waals surface area contributed by atoms with E-state index in [1.807, 2.05) is 13.0 Å². The number of phenolic OH excluding ortho intramolecular Hbond substituents is 1. The molecule has 0 aliphatic carbocycles. The number of phenols is 1. The number of hydrogen-bond acceptors (Lipinski definition) is 4. The molecule has 1 aromatic heterocycles. The fourth-order valence-electron chi connectivity index (χ4n) is 1.21. The molecule has 2 aromatic rings. The van der Waals surface area contributed by atoms with Gasteiger partial charge >= 0.3 is 0 Å². The van der Waals surface area contributed by atoms with E-state index in [1.54, 1.807) is 19.1 Å². The first-order valence-electron chi connectivity index (χ1n) is 4.27. The summed E-state index contributed by atoms with van der Waals surface area (Å²) in [6.07, 6.45) is 0. The van der Waals surface area contributed by atoms with Crippen LogP contribution >= 0.6 is 0 Å². The predicted molar refractivity (Wildman–Crippen MR) is 50.9 cm³/mol. The lowest BCUT2D eigenvalue weighted by Crippen LogP contribution is -1.82. The lowest BCUT2D eigenvalue weighted by atomic mass is 10.1. The summed E-state index contributed by atoms with van der Waals surface area (Å²) in [5, 5.41) is 13.1. The van der Waals surface area contributed by atoms with Gasteiger partial charge in [0.2, 0.25) is 11.7 Å². The van der Waals surface area contributed by atoms with Crippen LogP contribution in [0.5, 0.6) is 5.75 Å². The number of aromatic nitrogens is 2. The third-order valence-corrected chi connectivity index (χ3v) is 1.98. The predicted octanol–water partition coefficient (Wildman–Crippen LogP) is 2.06. The lowest BCUT2D eigenvalue weighted by molar-refractivity contribution is 0.394. The molecule has 0 saturated heterocycles. The molecule has 2 rings (SSSR count). The van der Waals surface area contributed by atoms with Gasteiger partial charge in [0.05, 0.1) is 0 Å². The Hall–Kier alpha value is -1.84. The maximum absolute atomic E-state index is 9.33. The Morgan fingerprint density at radius 1 is 1.29 bits per heavy atom. The topological polar surface area (TPSA) is 59.2 Å². The van der Waals surface area contributed by atoms with Crippen LogP contribution in [0.3, 0.4) is 0 Å². The van der Waals surface area contributed by atoms with Crippen molar-refractivity contribution in [1.29, 1.82) is 0 Å². The van der Waals surface area contributed by atoms with Gasteiger partial charge in [0.25, 0.3) is 0 Å². The lowest BCUT2D eigenvalue weighted by Gasteiger charge is -1.99. The second kappa shape index (κ2) is 3.14. The number of aromatic hydroxyl groups is 1. The van der Waals surface area contributed by atoms with E-state index < -0.39 is 0 Å². The Labute approximate surface area is 81.2 Å². The van der Waals surface area contributed by atoms with Crippen molar-refractivity contribution in [3.8, 4) is 17.1 Å².